The number of aromatic nitrogens is 2. The van der Waals surface area contributed by atoms with E-state index in [1.165, 1.54) is 6.08 Å². The van der Waals surface area contributed by atoms with Gasteiger partial charge in [0, 0.05) is 30.0 Å². The van der Waals surface area contributed by atoms with E-state index in [1.54, 1.807) is 18.0 Å². The number of piperidine rings is 1. The Bertz CT molecular complexity index is 1010. The van der Waals surface area contributed by atoms with Crippen molar-refractivity contribution in [3.05, 3.63) is 59.2 Å². The van der Waals surface area contributed by atoms with E-state index < -0.39 is 5.97 Å². The molecule has 0 saturated carbocycles. The lowest BCUT2D eigenvalue weighted by molar-refractivity contribution is -0.136. The SMILES string of the molecule is CCOc1ccc(SN2CCC(n3nc(CC(=O)O)c4c3/C=C(/F)CC=CC4)CC2)cc1. The molecule has 1 N–H and O–H groups in total. The van der Waals surface area contributed by atoms with Crippen LogP contribution in [0.2, 0.25) is 0 Å². The average molecular weight is 458 g/mol. The number of hydrogen-bond acceptors (Lipinski definition) is 5. The molecule has 2 heterocycles. The Morgan fingerprint density at radius 3 is 2.62 bits per heavy atom. The first-order valence-corrected chi connectivity index (χ1v) is 11.8. The lowest BCUT2D eigenvalue weighted by Gasteiger charge is -2.31. The van der Waals surface area contributed by atoms with Crippen LogP contribution in [-0.4, -0.2) is 44.9 Å². The fraction of sp³-hybridized carbons (Fsp3) is 0.417. The van der Waals surface area contributed by atoms with Crippen LogP contribution in [0.1, 0.15) is 49.2 Å². The molecule has 0 spiro atoms. The fourth-order valence-electron chi connectivity index (χ4n) is 4.16. The summed E-state index contributed by atoms with van der Waals surface area (Å²) in [5.74, 6) is -0.277. The van der Waals surface area contributed by atoms with E-state index in [0.29, 0.717) is 18.7 Å². The first kappa shape index (κ1) is 22.6. The third-order valence-corrected chi connectivity index (χ3v) is 6.79. The van der Waals surface area contributed by atoms with Crippen molar-refractivity contribution in [2.75, 3.05) is 19.7 Å². The molecule has 0 atom stereocenters. The highest BCUT2D eigenvalue weighted by atomic mass is 32.2. The molecular weight excluding hydrogens is 429 g/mol. The van der Waals surface area contributed by atoms with Gasteiger partial charge < -0.3 is 9.84 Å². The summed E-state index contributed by atoms with van der Waals surface area (Å²) in [6.45, 7) is 4.37. The number of benzene rings is 1. The molecule has 4 rings (SSSR count). The van der Waals surface area contributed by atoms with Crippen LogP contribution in [-0.2, 0) is 17.6 Å². The highest BCUT2D eigenvalue weighted by Gasteiger charge is 2.27. The third-order valence-electron chi connectivity index (χ3n) is 5.68. The van der Waals surface area contributed by atoms with Gasteiger partial charge in [-0.2, -0.15) is 5.10 Å². The highest BCUT2D eigenvalue weighted by molar-refractivity contribution is 7.97. The minimum Gasteiger partial charge on any atom is -0.494 e. The van der Waals surface area contributed by atoms with Crippen LogP contribution >= 0.6 is 11.9 Å². The number of nitrogens with zero attached hydrogens (tertiary/aromatic N) is 3. The van der Waals surface area contributed by atoms with Crippen molar-refractivity contribution >= 4 is 24.0 Å². The van der Waals surface area contributed by atoms with Crippen molar-refractivity contribution in [1.29, 1.82) is 0 Å². The van der Waals surface area contributed by atoms with Gasteiger partial charge in [-0.05, 0) is 68.5 Å². The first-order valence-electron chi connectivity index (χ1n) is 11.0. The molecule has 1 saturated heterocycles. The Hall–Kier alpha value is -2.58. The van der Waals surface area contributed by atoms with Crippen molar-refractivity contribution in [3.8, 4) is 5.75 Å². The van der Waals surface area contributed by atoms with Crippen LogP contribution in [0.25, 0.3) is 6.08 Å². The molecule has 1 aliphatic heterocycles. The molecular formula is C24H28FN3O3S. The van der Waals surface area contributed by atoms with Gasteiger partial charge in [-0.15, -0.1) is 0 Å². The number of aliphatic carboxylic acids is 1. The van der Waals surface area contributed by atoms with Gasteiger partial charge in [0.05, 0.1) is 30.5 Å². The number of fused-ring (bicyclic) bond motifs is 1. The number of carbonyl (C=O) groups is 1. The van der Waals surface area contributed by atoms with E-state index >= 15 is 0 Å². The van der Waals surface area contributed by atoms with Gasteiger partial charge in [-0.1, -0.05) is 12.2 Å². The summed E-state index contributed by atoms with van der Waals surface area (Å²) in [6.07, 6.45) is 7.66. The van der Waals surface area contributed by atoms with Gasteiger partial charge in [-0.3, -0.25) is 9.48 Å². The maximum absolute atomic E-state index is 14.3. The van der Waals surface area contributed by atoms with E-state index in [0.717, 1.165) is 47.8 Å². The zero-order valence-electron chi connectivity index (χ0n) is 18.2. The number of carboxylic acids is 1. The molecule has 2 aromatic rings. The zero-order valence-corrected chi connectivity index (χ0v) is 19.0. The van der Waals surface area contributed by atoms with Crippen LogP contribution < -0.4 is 4.74 Å². The molecule has 0 radical (unpaired) electrons. The average Bonchev–Trinajstić information content (AvgIpc) is 3.07. The molecule has 32 heavy (non-hydrogen) atoms. The predicted molar refractivity (Wildman–Crippen MR) is 123 cm³/mol. The van der Waals surface area contributed by atoms with E-state index in [-0.39, 0.29) is 24.7 Å². The maximum Gasteiger partial charge on any atom is 0.309 e. The van der Waals surface area contributed by atoms with Gasteiger partial charge in [0.2, 0.25) is 0 Å². The van der Waals surface area contributed by atoms with Gasteiger partial charge in [0.15, 0.2) is 0 Å². The summed E-state index contributed by atoms with van der Waals surface area (Å²) in [5.41, 5.74) is 2.08. The summed E-state index contributed by atoms with van der Waals surface area (Å²) < 4.78 is 24.0. The van der Waals surface area contributed by atoms with E-state index in [9.17, 15) is 14.3 Å². The van der Waals surface area contributed by atoms with Crippen LogP contribution in [0.5, 0.6) is 5.75 Å². The maximum atomic E-state index is 14.3. The normalized spacial score (nSPS) is 19.0. The molecule has 2 aliphatic rings. The van der Waals surface area contributed by atoms with Crippen molar-refractivity contribution in [2.45, 2.75) is 50.0 Å². The number of carboxylic acid groups (broad SMARTS) is 1. The van der Waals surface area contributed by atoms with Crippen LogP contribution in [0, 0.1) is 0 Å². The van der Waals surface area contributed by atoms with Gasteiger partial charge in [0.1, 0.15) is 11.6 Å². The largest absolute Gasteiger partial charge is 0.494 e. The monoisotopic (exact) mass is 457 g/mol. The van der Waals surface area contributed by atoms with E-state index in [1.807, 2.05) is 29.8 Å². The molecule has 8 heteroatoms. The summed E-state index contributed by atoms with van der Waals surface area (Å²) in [5, 5.41) is 14.0. The Morgan fingerprint density at radius 2 is 1.94 bits per heavy atom. The molecule has 170 valence electrons. The Kier molecular flexibility index (Phi) is 7.32. The lowest BCUT2D eigenvalue weighted by atomic mass is 10.0. The third kappa shape index (κ3) is 5.42. The zero-order chi connectivity index (χ0) is 22.5. The van der Waals surface area contributed by atoms with E-state index in [2.05, 4.69) is 21.5 Å². The van der Waals surface area contributed by atoms with Crippen molar-refractivity contribution < 1.29 is 19.0 Å². The van der Waals surface area contributed by atoms with Crippen molar-refractivity contribution in [1.82, 2.24) is 14.1 Å². The number of hydrogen-bond donors (Lipinski definition) is 1. The lowest BCUT2D eigenvalue weighted by Crippen LogP contribution is -2.30. The molecule has 6 nitrogen and oxygen atoms in total. The topological polar surface area (TPSA) is 67.6 Å². The second-order valence-corrected chi connectivity index (χ2v) is 9.12. The van der Waals surface area contributed by atoms with Gasteiger partial charge in [0.25, 0.3) is 0 Å². The van der Waals surface area contributed by atoms with E-state index in [4.69, 9.17) is 4.74 Å². The van der Waals surface area contributed by atoms with Gasteiger partial charge >= 0.3 is 5.97 Å². The Morgan fingerprint density at radius 1 is 1.22 bits per heavy atom. The van der Waals surface area contributed by atoms with Crippen LogP contribution in [0.15, 0.2) is 47.1 Å². The number of allylic oxidation sites excluding steroid dienone is 3. The second kappa shape index (κ2) is 10.4. The number of ether oxygens (including phenoxy) is 1. The number of rotatable bonds is 7. The molecule has 1 aromatic heterocycles. The highest BCUT2D eigenvalue weighted by Crippen LogP contribution is 2.34. The molecule has 1 aromatic carbocycles. The van der Waals surface area contributed by atoms with Crippen molar-refractivity contribution in [3.63, 3.8) is 0 Å². The first-order chi connectivity index (χ1) is 15.5. The standard InChI is InChI=1S/C24H28FN3O3S/c1-2-31-19-7-9-20(10-8-19)32-27-13-11-18(12-14-27)28-23-15-17(25)5-3-4-6-21(23)22(26-28)16-24(29)30/h3-4,7-10,15,18H,2,5-6,11-14,16H2,1H3,(H,29,30)/b4-3?,17-15+. The minimum absolute atomic E-state index is 0.121. The van der Waals surface area contributed by atoms with Crippen molar-refractivity contribution in [2.24, 2.45) is 0 Å². The minimum atomic E-state index is -0.922. The second-order valence-electron chi connectivity index (χ2n) is 7.95. The fourth-order valence-corrected chi connectivity index (χ4v) is 5.11. The number of halogens is 1. The molecule has 0 bridgehead atoms. The van der Waals surface area contributed by atoms with Crippen LogP contribution in [0.3, 0.4) is 0 Å². The summed E-state index contributed by atoms with van der Waals surface area (Å²) in [6, 6.07) is 8.23. The molecule has 1 aliphatic carbocycles. The summed E-state index contributed by atoms with van der Waals surface area (Å²) in [7, 11) is 0. The predicted octanol–water partition coefficient (Wildman–Crippen LogP) is 5.07. The van der Waals surface area contributed by atoms with Gasteiger partial charge in [-0.25, -0.2) is 8.70 Å². The summed E-state index contributed by atoms with van der Waals surface area (Å²) >= 11 is 1.73. The Labute approximate surface area is 191 Å². The Balaban J connectivity index is 1.47. The molecule has 1 fully saturated rings. The molecule has 0 unspecified atom stereocenters. The quantitative estimate of drug-likeness (QED) is 0.463. The smallest absolute Gasteiger partial charge is 0.309 e. The van der Waals surface area contributed by atoms with Crippen LogP contribution in [0.4, 0.5) is 4.39 Å². The molecule has 0 amide bonds. The summed E-state index contributed by atoms with van der Waals surface area (Å²) in [4.78, 5) is 12.5.